The maximum atomic E-state index is 8.55. The van der Waals surface area contributed by atoms with Crippen LogP contribution in [0.25, 0.3) is 0 Å². The fraction of sp³-hybridized carbons (Fsp3) is 0.875. The Labute approximate surface area is 62.2 Å². The molecule has 0 bridgehead atoms. The van der Waals surface area contributed by atoms with Gasteiger partial charge in [-0.15, -0.1) is 0 Å². The summed E-state index contributed by atoms with van der Waals surface area (Å²) in [7, 11) is 0. The van der Waals surface area contributed by atoms with Crippen LogP contribution in [0, 0.1) is 23.2 Å². The van der Waals surface area contributed by atoms with E-state index in [4.69, 9.17) is 5.26 Å². The van der Waals surface area contributed by atoms with Crippen molar-refractivity contribution in [3.63, 3.8) is 0 Å². The van der Waals surface area contributed by atoms with Gasteiger partial charge in [-0.1, -0.05) is 13.8 Å². The average molecular weight is 138 g/mol. The Morgan fingerprint density at radius 3 is 2.60 bits per heavy atom. The molecule has 0 aromatic heterocycles. The van der Waals surface area contributed by atoms with Crippen molar-refractivity contribution in [2.45, 2.75) is 26.3 Å². The second kappa shape index (κ2) is 3.03. The molecule has 0 saturated carbocycles. The minimum Gasteiger partial charge on any atom is -0.302 e. The van der Waals surface area contributed by atoms with Gasteiger partial charge in [0.05, 0.1) is 12.1 Å². The van der Waals surface area contributed by atoms with E-state index in [2.05, 4.69) is 25.2 Å². The molecule has 1 heterocycles. The van der Waals surface area contributed by atoms with Crippen LogP contribution in [0.4, 0.5) is 0 Å². The van der Waals surface area contributed by atoms with E-state index in [1.807, 2.05) is 0 Å². The normalized spacial score (nSPS) is 32.6. The highest BCUT2D eigenvalue weighted by Gasteiger charge is 2.25. The largest absolute Gasteiger partial charge is 0.302 e. The lowest BCUT2D eigenvalue weighted by Gasteiger charge is -2.10. The first-order valence-electron chi connectivity index (χ1n) is 3.87. The molecule has 56 valence electrons. The van der Waals surface area contributed by atoms with Crippen LogP contribution in [0.1, 0.15) is 20.3 Å². The van der Waals surface area contributed by atoms with Gasteiger partial charge >= 0.3 is 0 Å². The molecule has 0 amide bonds. The van der Waals surface area contributed by atoms with Gasteiger partial charge in [-0.3, -0.25) is 0 Å². The summed E-state index contributed by atoms with van der Waals surface area (Å²) < 4.78 is 0. The Bertz CT molecular complexity index is 146. The van der Waals surface area contributed by atoms with Gasteiger partial charge in [0.1, 0.15) is 0 Å². The lowest BCUT2D eigenvalue weighted by Crippen LogP contribution is -2.19. The van der Waals surface area contributed by atoms with Gasteiger partial charge in [0.15, 0.2) is 0 Å². The predicted octanol–water partition coefficient (Wildman–Crippen LogP) is 1.14. The zero-order valence-electron chi connectivity index (χ0n) is 6.59. The molecule has 1 rings (SSSR count). The van der Waals surface area contributed by atoms with E-state index in [1.54, 1.807) is 0 Å². The lowest BCUT2D eigenvalue weighted by atomic mass is 9.94. The average Bonchev–Trinajstić information content (AvgIpc) is 2.34. The molecule has 2 atom stereocenters. The second-order valence-electron chi connectivity index (χ2n) is 3.33. The highest BCUT2D eigenvalue weighted by atomic mass is 14.9. The summed E-state index contributed by atoms with van der Waals surface area (Å²) in [6, 6.07) is 2.36. The summed E-state index contributed by atoms with van der Waals surface area (Å²) in [5.41, 5.74) is 0. The van der Waals surface area contributed by atoms with Gasteiger partial charge in [-0.2, -0.15) is 5.26 Å². The molecule has 0 aliphatic carbocycles. The van der Waals surface area contributed by atoms with E-state index in [-0.39, 0.29) is 6.04 Å². The maximum absolute atomic E-state index is 8.55. The third kappa shape index (κ3) is 1.48. The van der Waals surface area contributed by atoms with Crippen molar-refractivity contribution < 1.29 is 0 Å². The van der Waals surface area contributed by atoms with Crippen molar-refractivity contribution in [3.05, 3.63) is 0 Å². The second-order valence-corrected chi connectivity index (χ2v) is 3.33. The summed E-state index contributed by atoms with van der Waals surface area (Å²) in [5, 5.41) is 11.7. The van der Waals surface area contributed by atoms with Crippen LogP contribution in [0.3, 0.4) is 0 Å². The molecule has 0 radical (unpaired) electrons. The Hall–Kier alpha value is -0.550. The monoisotopic (exact) mass is 138 g/mol. The number of hydrogen-bond acceptors (Lipinski definition) is 2. The van der Waals surface area contributed by atoms with Crippen molar-refractivity contribution in [2.75, 3.05) is 6.54 Å². The topological polar surface area (TPSA) is 35.8 Å². The molecule has 2 nitrogen and oxygen atoms in total. The first kappa shape index (κ1) is 7.56. The van der Waals surface area contributed by atoms with Gasteiger partial charge in [0.25, 0.3) is 0 Å². The number of nitriles is 1. The van der Waals surface area contributed by atoms with Gasteiger partial charge in [-0.25, -0.2) is 0 Å². The Balaban J connectivity index is 2.37. The molecule has 0 aromatic carbocycles. The molecule has 1 aliphatic rings. The van der Waals surface area contributed by atoms with E-state index in [9.17, 15) is 0 Å². The molecule has 2 heteroatoms. The third-order valence-corrected chi connectivity index (χ3v) is 2.26. The Morgan fingerprint density at radius 1 is 1.60 bits per heavy atom. The van der Waals surface area contributed by atoms with Gasteiger partial charge in [0.2, 0.25) is 0 Å². The summed E-state index contributed by atoms with van der Waals surface area (Å²) in [5.74, 6) is 1.43. The van der Waals surface area contributed by atoms with Gasteiger partial charge < -0.3 is 5.32 Å². The lowest BCUT2D eigenvalue weighted by molar-refractivity contribution is 0.416. The van der Waals surface area contributed by atoms with Crippen LogP contribution in [0.2, 0.25) is 0 Å². The van der Waals surface area contributed by atoms with E-state index < -0.39 is 0 Å². The fourth-order valence-corrected chi connectivity index (χ4v) is 1.37. The third-order valence-electron chi connectivity index (χ3n) is 2.26. The quantitative estimate of drug-likeness (QED) is 0.590. The molecule has 1 N–H and O–H groups in total. The molecular weight excluding hydrogens is 124 g/mol. The van der Waals surface area contributed by atoms with Crippen LogP contribution in [0.15, 0.2) is 0 Å². The first-order valence-corrected chi connectivity index (χ1v) is 3.87. The molecule has 0 aromatic rings. The smallest absolute Gasteiger partial charge is 0.0956 e. The van der Waals surface area contributed by atoms with Crippen molar-refractivity contribution in [2.24, 2.45) is 11.8 Å². The summed E-state index contributed by atoms with van der Waals surface area (Å²) in [6.45, 7) is 5.45. The van der Waals surface area contributed by atoms with Gasteiger partial charge in [-0.05, 0) is 24.8 Å². The zero-order chi connectivity index (χ0) is 7.56. The molecule has 2 unspecified atom stereocenters. The number of hydrogen-bond donors (Lipinski definition) is 1. The number of rotatable bonds is 1. The molecule has 1 fully saturated rings. The molecule has 0 spiro atoms. The van der Waals surface area contributed by atoms with Crippen molar-refractivity contribution in [1.29, 1.82) is 5.26 Å². The highest BCUT2D eigenvalue weighted by molar-refractivity contribution is 4.96. The fourth-order valence-electron chi connectivity index (χ4n) is 1.37. The molecule has 1 aliphatic heterocycles. The molecular formula is C8H14N2. The summed E-state index contributed by atoms with van der Waals surface area (Å²) >= 11 is 0. The predicted molar refractivity (Wildman–Crippen MR) is 40.3 cm³/mol. The van der Waals surface area contributed by atoms with Crippen molar-refractivity contribution >= 4 is 0 Å². The minimum absolute atomic E-state index is 0.118. The number of nitrogens with zero attached hydrogens (tertiary/aromatic N) is 1. The summed E-state index contributed by atoms with van der Waals surface area (Å²) in [4.78, 5) is 0. The van der Waals surface area contributed by atoms with Crippen molar-refractivity contribution in [1.82, 2.24) is 5.32 Å². The van der Waals surface area contributed by atoms with E-state index >= 15 is 0 Å². The molecule has 1 saturated heterocycles. The van der Waals surface area contributed by atoms with Crippen molar-refractivity contribution in [3.8, 4) is 6.07 Å². The van der Waals surface area contributed by atoms with E-state index in [1.165, 1.54) is 0 Å². The zero-order valence-corrected chi connectivity index (χ0v) is 6.59. The first-order chi connectivity index (χ1) is 4.74. The van der Waals surface area contributed by atoms with Crippen LogP contribution in [-0.4, -0.2) is 12.6 Å². The SMILES string of the molecule is CC(C)C1CNC(C#N)C1. The van der Waals surface area contributed by atoms with Crippen LogP contribution in [0.5, 0.6) is 0 Å². The highest BCUT2D eigenvalue weighted by Crippen LogP contribution is 2.21. The minimum atomic E-state index is 0.118. The van der Waals surface area contributed by atoms with Gasteiger partial charge in [0, 0.05) is 0 Å². The summed E-state index contributed by atoms with van der Waals surface area (Å²) in [6.07, 6.45) is 1.04. The maximum Gasteiger partial charge on any atom is 0.0956 e. The van der Waals surface area contributed by atoms with Crippen LogP contribution in [-0.2, 0) is 0 Å². The Kier molecular flexibility index (Phi) is 2.29. The van der Waals surface area contributed by atoms with E-state index in [0.717, 1.165) is 13.0 Å². The Morgan fingerprint density at radius 2 is 2.30 bits per heavy atom. The molecule has 10 heavy (non-hydrogen) atoms. The van der Waals surface area contributed by atoms with Crippen LogP contribution >= 0.6 is 0 Å². The standard InChI is InChI=1S/C8H14N2/c1-6(2)7-3-8(4-9)10-5-7/h6-8,10H,3,5H2,1-2H3. The number of nitrogens with one attached hydrogen (secondary N) is 1. The van der Waals surface area contributed by atoms with E-state index in [0.29, 0.717) is 11.8 Å². The van der Waals surface area contributed by atoms with Crippen LogP contribution < -0.4 is 5.32 Å².